The number of amides is 1. The average molecular weight is 282 g/mol. The number of hydrogen-bond acceptors (Lipinski definition) is 4. The van der Waals surface area contributed by atoms with Gasteiger partial charge in [0.2, 0.25) is 5.91 Å². The molecule has 104 valence electrons. The highest BCUT2D eigenvalue weighted by molar-refractivity contribution is 7.99. The van der Waals surface area contributed by atoms with Gasteiger partial charge in [0.05, 0.1) is 0 Å². The van der Waals surface area contributed by atoms with E-state index in [9.17, 15) is 9.59 Å². The minimum absolute atomic E-state index is 0.443. The fourth-order valence-corrected chi connectivity index (χ4v) is 2.47. The number of thioether (sulfide) groups is 1. The van der Waals surface area contributed by atoms with Gasteiger partial charge in [0.15, 0.2) is 0 Å². The number of primary amides is 1. The van der Waals surface area contributed by atoms with Crippen molar-refractivity contribution in [2.24, 2.45) is 11.5 Å². The van der Waals surface area contributed by atoms with Gasteiger partial charge < -0.3 is 16.6 Å². The van der Waals surface area contributed by atoms with Gasteiger partial charge in [-0.1, -0.05) is 12.1 Å². The van der Waals surface area contributed by atoms with Gasteiger partial charge in [0.25, 0.3) is 0 Å². The van der Waals surface area contributed by atoms with Gasteiger partial charge in [0.1, 0.15) is 6.04 Å². The van der Waals surface area contributed by atoms with Crippen LogP contribution >= 0.6 is 11.8 Å². The van der Waals surface area contributed by atoms with E-state index in [1.165, 1.54) is 11.8 Å². The Bertz CT molecular complexity index is 489. The number of aliphatic carboxylic acids is 1. The topological polar surface area (TPSA) is 106 Å². The number of carboxylic acid groups (broad SMARTS) is 1. The monoisotopic (exact) mass is 282 g/mol. The summed E-state index contributed by atoms with van der Waals surface area (Å²) in [4.78, 5) is 22.0. The van der Waals surface area contributed by atoms with Gasteiger partial charge in [-0.3, -0.25) is 9.59 Å². The number of benzene rings is 1. The van der Waals surface area contributed by atoms with E-state index in [2.05, 4.69) is 0 Å². The zero-order valence-corrected chi connectivity index (χ0v) is 11.7. The predicted molar refractivity (Wildman–Crippen MR) is 75.9 cm³/mol. The average Bonchev–Trinajstić information content (AvgIpc) is 2.35. The van der Waals surface area contributed by atoms with E-state index in [1.807, 2.05) is 6.07 Å². The molecule has 0 fully saturated rings. The largest absolute Gasteiger partial charge is 0.480 e. The number of carbonyl (C=O) groups excluding carboxylic acids is 1. The standard InChI is InChI=1S/C13H18N2O3S/c1-13(2,10(14)12(17)18)19-7-8-4-3-5-9(6-8)11(15)16/h3-6,10H,7,14H2,1-2H3,(H2,15,16)(H,17,18)/t10-/m0/s1. The molecular formula is C13H18N2O3S. The van der Waals surface area contributed by atoms with Crippen LogP contribution in [-0.2, 0) is 10.5 Å². The quantitative estimate of drug-likeness (QED) is 0.727. The first-order valence-electron chi connectivity index (χ1n) is 5.75. The van der Waals surface area contributed by atoms with E-state index < -0.39 is 22.7 Å². The van der Waals surface area contributed by atoms with E-state index in [0.29, 0.717) is 11.3 Å². The maximum atomic E-state index is 11.1. The molecule has 0 spiro atoms. The zero-order valence-electron chi connectivity index (χ0n) is 10.9. The number of rotatable bonds is 6. The Labute approximate surface area is 116 Å². The minimum atomic E-state index is -1.02. The zero-order chi connectivity index (χ0) is 14.6. The molecule has 0 aliphatic heterocycles. The third-order valence-electron chi connectivity index (χ3n) is 2.84. The van der Waals surface area contributed by atoms with Crippen LogP contribution in [0.5, 0.6) is 0 Å². The molecule has 1 atom stereocenters. The van der Waals surface area contributed by atoms with Crippen LogP contribution in [0.3, 0.4) is 0 Å². The molecule has 0 unspecified atom stereocenters. The van der Waals surface area contributed by atoms with Crippen molar-refractivity contribution in [3.05, 3.63) is 35.4 Å². The van der Waals surface area contributed by atoms with Gasteiger partial charge in [0, 0.05) is 16.1 Å². The number of nitrogens with two attached hydrogens (primary N) is 2. The van der Waals surface area contributed by atoms with Gasteiger partial charge in [-0.2, -0.15) is 0 Å². The third-order valence-corrected chi connectivity index (χ3v) is 4.31. The lowest BCUT2D eigenvalue weighted by atomic mass is 10.1. The summed E-state index contributed by atoms with van der Waals surface area (Å²) in [5.41, 5.74) is 12.2. The molecule has 0 aromatic heterocycles. The summed E-state index contributed by atoms with van der Waals surface area (Å²) in [6, 6.07) is 6.02. The first-order valence-corrected chi connectivity index (χ1v) is 6.73. The molecule has 1 rings (SSSR count). The highest BCUT2D eigenvalue weighted by atomic mass is 32.2. The van der Waals surface area contributed by atoms with Gasteiger partial charge in [-0.25, -0.2) is 0 Å². The normalized spacial score (nSPS) is 13.0. The molecule has 0 saturated carbocycles. The number of carbonyl (C=O) groups is 2. The Morgan fingerprint density at radius 1 is 1.42 bits per heavy atom. The lowest BCUT2D eigenvalue weighted by Gasteiger charge is -2.28. The molecule has 0 bridgehead atoms. The fraction of sp³-hybridized carbons (Fsp3) is 0.385. The molecular weight excluding hydrogens is 264 g/mol. The minimum Gasteiger partial charge on any atom is -0.480 e. The van der Waals surface area contributed by atoms with Crippen LogP contribution < -0.4 is 11.5 Å². The van der Waals surface area contributed by atoms with Crippen molar-refractivity contribution in [3.63, 3.8) is 0 Å². The first-order chi connectivity index (χ1) is 8.74. The summed E-state index contributed by atoms with van der Waals surface area (Å²) in [7, 11) is 0. The number of carboxylic acids is 1. The van der Waals surface area contributed by atoms with Crippen molar-refractivity contribution in [1.29, 1.82) is 0 Å². The Morgan fingerprint density at radius 3 is 2.58 bits per heavy atom. The van der Waals surface area contributed by atoms with Crippen molar-refractivity contribution in [2.75, 3.05) is 0 Å². The summed E-state index contributed by atoms with van der Waals surface area (Å²) >= 11 is 1.43. The molecule has 6 heteroatoms. The van der Waals surface area contributed by atoms with Crippen molar-refractivity contribution in [1.82, 2.24) is 0 Å². The summed E-state index contributed by atoms with van der Waals surface area (Å²) in [5, 5.41) is 8.93. The van der Waals surface area contributed by atoms with Crippen LogP contribution in [0.15, 0.2) is 24.3 Å². The second kappa shape index (κ2) is 6.08. The molecule has 19 heavy (non-hydrogen) atoms. The van der Waals surface area contributed by atoms with E-state index in [0.717, 1.165) is 5.56 Å². The molecule has 0 saturated heterocycles. The highest BCUT2D eigenvalue weighted by Gasteiger charge is 2.32. The van der Waals surface area contributed by atoms with Gasteiger partial charge in [-0.15, -0.1) is 11.8 Å². The Balaban J connectivity index is 2.74. The number of hydrogen-bond donors (Lipinski definition) is 3. The summed E-state index contributed by atoms with van der Waals surface area (Å²) < 4.78 is -0.603. The van der Waals surface area contributed by atoms with E-state index >= 15 is 0 Å². The smallest absolute Gasteiger partial charge is 0.321 e. The Kier molecular flexibility index (Phi) is 4.97. The summed E-state index contributed by atoms with van der Waals surface area (Å²) in [6.07, 6.45) is 0. The molecule has 1 aromatic rings. The molecule has 5 nitrogen and oxygen atoms in total. The van der Waals surface area contributed by atoms with Crippen molar-refractivity contribution >= 4 is 23.6 Å². The molecule has 1 aromatic carbocycles. The fourth-order valence-electron chi connectivity index (χ4n) is 1.47. The third kappa shape index (κ3) is 4.25. The molecule has 0 aliphatic carbocycles. The lowest BCUT2D eigenvalue weighted by molar-refractivity contribution is -0.139. The van der Waals surface area contributed by atoms with Crippen LogP contribution in [0.1, 0.15) is 29.8 Å². The van der Waals surface area contributed by atoms with E-state index in [-0.39, 0.29) is 0 Å². The van der Waals surface area contributed by atoms with Gasteiger partial charge in [-0.05, 0) is 31.5 Å². The molecule has 0 aliphatic rings. The molecule has 0 heterocycles. The first kappa shape index (κ1) is 15.5. The Morgan fingerprint density at radius 2 is 2.05 bits per heavy atom. The molecule has 1 amide bonds. The second-order valence-electron chi connectivity index (χ2n) is 4.77. The molecule has 0 radical (unpaired) electrons. The summed E-state index contributed by atoms with van der Waals surface area (Å²) in [5.74, 6) is -0.938. The van der Waals surface area contributed by atoms with E-state index in [1.54, 1.807) is 32.0 Å². The van der Waals surface area contributed by atoms with Crippen molar-refractivity contribution in [3.8, 4) is 0 Å². The highest BCUT2D eigenvalue weighted by Crippen LogP contribution is 2.30. The van der Waals surface area contributed by atoms with Crippen LogP contribution in [0.2, 0.25) is 0 Å². The lowest BCUT2D eigenvalue weighted by Crippen LogP contribution is -2.46. The van der Waals surface area contributed by atoms with Gasteiger partial charge >= 0.3 is 5.97 Å². The second-order valence-corrected chi connectivity index (χ2v) is 6.40. The maximum absolute atomic E-state index is 11.1. The van der Waals surface area contributed by atoms with Crippen LogP contribution in [-0.4, -0.2) is 27.8 Å². The van der Waals surface area contributed by atoms with Crippen LogP contribution in [0.25, 0.3) is 0 Å². The predicted octanol–water partition coefficient (Wildman–Crippen LogP) is 1.21. The molecule has 5 N–H and O–H groups in total. The van der Waals surface area contributed by atoms with Crippen LogP contribution in [0.4, 0.5) is 0 Å². The Hall–Kier alpha value is -1.53. The summed E-state index contributed by atoms with van der Waals surface area (Å²) in [6.45, 7) is 3.57. The van der Waals surface area contributed by atoms with E-state index in [4.69, 9.17) is 16.6 Å². The van der Waals surface area contributed by atoms with Crippen molar-refractivity contribution < 1.29 is 14.7 Å². The SMILES string of the molecule is CC(C)(SCc1cccc(C(N)=O)c1)[C@@H](N)C(=O)O. The maximum Gasteiger partial charge on any atom is 0.321 e. The van der Waals surface area contributed by atoms with Crippen molar-refractivity contribution in [2.45, 2.75) is 30.4 Å². The van der Waals surface area contributed by atoms with Crippen LogP contribution in [0, 0.1) is 0 Å².